The van der Waals surface area contributed by atoms with E-state index in [1.54, 1.807) is 64.1 Å². The Morgan fingerprint density at radius 1 is 0.768 bits per heavy atom. The normalized spacial score (nSPS) is 21.2. The molecule has 1 aliphatic rings. The molecule has 304 valence electrons. The van der Waals surface area contributed by atoms with Gasteiger partial charge in [-0.1, -0.05) is 65.0 Å². The lowest BCUT2D eigenvalue weighted by molar-refractivity contribution is -0.142. The summed E-state index contributed by atoms with van der Waals surface area (Å²) in [5, 5.41) is 30.5. The molecule has 1 aliphatic heterocycles. The van der Waals surface area contributed by atoms with Crippen molar-refractivity contribution in [2.24, 2.45) is 11.8 Å². The number of para-hydroxylation sites is 1. The summed E-state index contributed by atoms with van der Waals surface area (Å²) in [7, 11) is 0. The minimum absolute atomic E-state index is 0.0846. The predicted octanol–water partition coefficient (Wildman–Crippen LogP) is 1.71. The molecule has 0 bridgehead atoms. The molecular weight excluding hydrogens is 724 g/mol. The van der Waals surface area contributed by atoms with Gasteiger partial charge in [-0.2, -0.15) is 0 Å². The number of amides is 8. The van der Waals surface area contributed by atoms with Crippen LogP contribution < -0.4 is 42.5 Å². The zero-order valence-electron chi connectivity index (χ0n) is 32.6. The van der Waals surface area contributed by atoms with Gasteiger partial charge in [0.15, 0.2) is 0 Å². The molecule has 3 rings (SSSR count). The van der Waals surface area contributed by atoms with Gasteiger partial charge in [-0.25, -0.2) is 4.79 Å². The van der Waals surface area contributed by atoms with Gasteiger partial charge < -0.3 is 47.6 Å². The molecule has 5 atom stereocenters. The molecule has 0 saturated carbocycles. The van der Waals surface area contributed by atoms with E-state index in [1.165, 1.54) is 0 Å². The van der Waals surface area contributed by atoms with Crippen molar-refractivity contribution in [1.82, 2.24) is 31.9 Å². The third kappa shape index (κ3) is 14.0. The van der Waals surface area contributed by atoms with Crippen LogP contribution in [-0.2, 0) is 40.0 Å². The summed E-state index contributed by atoms with van der Waals surface area (Å²) in [5.41, 5.74) is 2.51. The van der Waals surface area contributed by atoms with E-state index in [0.29, 0.717) is 23.4 Å². The van der Waals surface area contributed by atoms with Crippen LogP contribution in [0, 0.1) is 18.8 Å². The van der Waals surface area contributed by atoms with E-state index in [0.717, 1.165) is 5.56 Å². The predicted molar refractivity (Wildman–Crippen MR) is 208 cm³/mol. The smallest absolute Gasteiger partial charge is 0.323 e. The van der Waals surface area contributed by atoms with E-state index in [2.05, 4.69) is 42.5 Å². The average molecular weight is 779 g/mol. The summed E-state index contributed by atoms with van der Waals surface area (Å²) in [6.07, 6.45) is -0.861. The third-order valence-electron chi connectivity index (χ3n) is 8.87. The number of carboxylic acid groups (broad SMARTS) is 1. The second kappa shape index (κ2) is 21.2. The summed E-state index contributed by atoms with van der Waals surface area (Å²) in [6.45, 7) is 10.8. The topological polar surface area (TPSA) is 253 Å². The summed E-state index contributed by atoms with van der Waals surface area (Å²) >= 11 is 0. The van der Waals surface area contributed by atoms with Crippen molar-refractivity contribution in [1.29, 1.82) is 0 Å². The monoisotopic (exact) mass is 778 g/mol. The number of aliphatic carboxylic acids is 1. The fourth-order valence-electron chi connectivity index (χ4n) is 5.87. The van der Waals surface area contributed by atoms with Crippen LogP contribution in [0.1, 0.15) is 71.4 Å². The van der Waals surface area contributed by atoms with Crippen molar-refractivity contribution >= 4 is 58.8 Å². The average Bonchev–Trinajstić information content (AvgIpc) is 3.12. The quantitative estimate of drug-likeness (QED) is 0.152. The highest BCUT2D eigenvalue weighted by molar-refractivity contribution is 6.01. The molecule has 0 aliphatic carbocycles. The Hall–Kier alpha value is -6.00. The maximum Gasteiger partial charge on any atom is 0.323 e. The number of hydrogen-bond donors (Lipinski definition) is 9. The highest BCUT2D eigenvalue weighted by Crippen LogP contribution is 2.16. The van der Waals surface area contributed by atoms with Crippen LogP contribution in [0.2, 0.25) is 0 Å². The molecule has 0 spiro atoms. The van der Waals surface area contributed by atoms with Crippen LogP contribution in [0.3, 0.4) is 0 Å². The van der Waals surface area contributed by atoms with Gasteiger partial charge in [-0.3, -0.25) is 33.6 Å². The van der Waals surface area contributed by atoms with Crippen LogP contribution in [-0.4, -0.2) is 89.3 Å². The van der Waals surface area contributed by atoms with Gasteiger partial charge in [0.05, 0.1) is 12.8 Å². The lowest BCUT2D eigenvalue weighted by Gasteiger charge is -2.29. The summed E-state index contributed by atoms with van der Waals surface area (Å²) < 4.78 is 0. The summed E-state index contributed by atoms with van der Waals surface area (Å²) in [6, 6.07) is 6.43. The maximum atomic E-state index is 14.0. The number of carboxylic acids is 1. The van der Waals surface area contributed by atoms with E-state index in [-0.39, 0.29) is 25.3 Å². The molecule has 0 unspecified atom stereocenters. The standard InChI is InChI=1S/C39H54N8O9/c1-7-16-40-34(51)29-19-31(48)42-28(18-24-12-14-25(15-13-24)41-39(56)46-26-11-9-8-10-23(26)6)36(53)43-27(17-21(2)3)35(52)44-30(20-32(49)50)37(54)47-33(22(4)5)38(55)45-29/h8-15,21-22,27-30,33H,7,16-20H2,1-6H3,(H,40,51)(H,42,48)(H,43,53)(H,44,52)(H,45,55)(H,47,54)(H,49,50)(H2,41,46,56)/t27-,28-,29-,30-,33-/m0/s1. The molecule has 1 heterocycles. The number of nitrogens with one attached hydrogen (secondary N) is 8. The van der Waals surface area contributed by atoms with Crippen LogP contribution in [0.4, 0.5) is 16.2 Å². The lowest BCUT2D eigenvalue weighted by Crippen LogP contribution is -2.61. The van der Waals surface area contributed by atoms with Crippen molar-refractivity contribution in [3.8, 4) is 0 Å². The third-order valence-corrected chi connectivity index (χ3v) is 8.87. The second-order valence-corrected chi connectivity index (χ2v) is 14.6. The molecule has 8 amide bonds. The minimum Gasteiger partial charge on any atom is -0.481 e. The Morgan fingerprint density at radius 3 is 2.00 bits per heavy atom. The first-order valence-corrected chi connectivity index (χ1v) is 18.7. The Balaban J connectivity index is 1.98. The van der Waals surface area contributed by atoms with Gasteiger partial charge >= 0.3 is 12.0 Å². The Kier molecular flexibility index (Phi) is 16.8. The maximum absolute atomic E-state index is 14.0. The fourth-order valence-corrected chi connectivity index (χ4v) is 5.87. The van der Waals surface area contributed by atoms with Gasteiger partial charge in [0, 0.05) is 24.3 Å². The van der Waals surface area contributed by atoms with Crippen molar-refractivity contribution in [3.63, 3.8) is 0 Å². The molecule has 1 saturated heterocycles. The summed E-state index contributed by atoms with van der Waals surface area (Å²) in [5.74, 6) is -6.97. The van der Waals surface area contributed by atoms with Crippen molar-refractivity contribution in [2.45, 2.75) is 104 Å². The Labute approximate surface area is 326 Å². The number of aryl methyl sites for hydroxylation is 1. The van der Waals surface area contributed by atoms with Gasteiger partial charge in [0.25, 0.3) is 0 Å². The molecule has 9 N–H and O–H groups in total. The van der Waals surface area contributed by atoms with Crippen LogP contribution >= 0.6 is 0 Å². The first kappa shape index (κ1) is 44.4. The molecule has 2 aromatic rings. The SMILES string of the molecule is CCCNC(=O)[C@@H]1CC(=O)N[C@@H](Cc2ccc(NC(=O)Nc3ccccc3C)cc2)C(=O)N[C@@H](CC(C)C)C(=O)N[C@@H](CC(=O)O)C(=O)N[C@@H](C(C)C)C(=O)N1. The van der Waals surface area contributed by atoms with Gasteiger partial charge in [-0.15, -0.1) is 0 Å². The van der Waals surface area contributed by atoms with Gasteiger partial charge in [0.1, 0.15) is 30.2 Å². The number of carbonyl (C=O) groups excluding carboxylic acids is 7. The van der Waals surface area contributed by atoms with E-state index in [9.17, 15) is 43.5 Å². The molecule has 17 heteroatoms. The Bertz CT molecular complexity index is 1750. The van der Waals surface area contributed by atoms with Crippen LogP contribution in [0.5, 0.6) is 0 Å². The number of hydrogen-bond acceptors (Lipinski definition) is 8. The zero-order chi connectivity index (χ0) is 41.5. The minimum atomic E-state index is -1.63. The number of carbonyl (C=O) groups is 8. The van der Waals surface area contributed by atoms with Crippen molar-refractivity contribution in [3.05, 3.63) is 59.7 Å². The molecule has 0 aromatic heterocycles. The second-order valence-electron chi connectivity index (χ2n) is 14.6. The highest BCUT2D eigenvalue weighted by Gasteiger charge is 2.36. The molecular formula is C39H54N8O9. The highest BCUT2D eigenvalue weighted by atomic mass is 16.4. The van der Waals surface area contributed by atoms with Crippen LogP contribution in [0.15, 0.2) is 48.5 Å². The summed E-state index contributed by atoms with van der Waals surface area (Å²) in [4.78, 5) is 106. The molecule has 56 heavy (non-hydrogen) atoms. The van der Waals surface area contributed by atoms with Gasteiger partial charge in [0.2, 0.25) is 35.4 Å². The largest absolute Gasteiger partial charge is 0.481 e. The first-order valence-electron chi connectivity index (χ1n) is 18.7. The lowest BCUT2D eigenvalue weighted by atomic mass is 9.99. The van der Waals surface area contributed by atoms with Crippen molar-refractivity contribution < 1.29 is 43.5 Å². The number of rotatable bonds is 12. The fraction of sp³-hybridized carbons (Fsp3) is 0.487. The van der Waals surface area contributed by atoms with E-state index in [4.69, 9.17) is 0 Å². The molecule has 0 radical (unpaired) electrons. The first-order chi connectivity index (χ1) is 26.5. The van der Waals surface area contributed by atoms with E-state index < -0.39 is 96.4 Å². The zero-order valence-corrected chi connectivity index (χ0v) is 32.6. The number of anilines is 2. The van der Waals surface area contributed by atoms with Gasteiger partial charge in [-0.05, 0) is 60.9 Å². The van der Waals surface area contributed by atoms with E-state index >= 15 is 0 Å². The number of benzene rings is 2. The number of urea groups is 1. The van der Waals surface area contributed by atoms with E-state index in [1.807, 2.05) is 26.0 Å². The molecule has 17 nitrogen and oxygen atoms in total. The Morgan fingerprint density at radius 2 is 1.39 bits per heavy atom. The molecule has 2 aromatic carbocycles. The van der Waals surface area contributed by atoms with Crippen molar-refractivity contribution in [2.75, 3.05) is 17.2 Å². The molecule has 1 fully saturated rings. The van der Waals surface area contributed by atoms with Crippen LogP contribution in [0.25, 0.3) is 0 Å².